The Labute approximate surface area is 127 Å². The molecule has 0 saturated heterocycles. The molecule has 0 spiro atoms. The molecule has 0 aliphatic carbocycles. The summed E-state index contributed by atoms with van der Waals surface area (Å²) >= 11 is 11.7. The molecule has 20 heavy (non-hydrogen) atoms. The highest BCUT2D eigenvalue weighted by Crippen LogP contribution is 2.22. The molecule has 4 heteroatoms. The zero-order valence-electron chi connectivity index (χ0n) is 11.2. The van der Waals surface area contributed by atoms with Gasteiger partial charge < -0.3 is 0 Å². The lowest BCUT2D eigenvalue weighted by molar-refractivity contribution is 0.916. The highest BCUT2D eigenvalue weighted by atomic mass is 35.5. The van der Waals surface area contributed by atoms with Crippen molar-refractivity contribution in [3.05, 3.63) is 63.5 Å². The summed E-state index contributed by atoms with van der Waals surface area (Å²) in [6.07, 6.45) is 0. The Morgan fingerprint density at radius 2 is 1.75 bits per heavy atom. The minimum Gasteiger partial charge on any atom is -0.289 e. The largest absolute Gasteiger partial charge is 0.289 e. The van der Waals surface area contributed by atoms with Gasteiger partial charge in [0, 0.05) is 16.1 Å². The Morgan fingerprint density at radius 1 is 1.05 bits per heavy atom. The van der Waals surface area contributed by atoms with Crippen molar-refractivity contribution in [1.29, 1.82) is 0 Å². The number of benzene rings is 2. The Hall–Kier alpha value is -1.71. The predicted octanol–water partition coefficient (Wildman–Crippen LogP) is 5.03. The highest BCUT2D eigenvalue weighted by molar-refractivity contribution is 7.71. The van der Waals surface area contributed by atoms with Crippen LogP contribution in [0.15, 0.2) is 42.5 Å². The fourth-order valence-corrected chi connectivity index (χ4v) is 2.84. The van der Waals surface area contributed by atoms with Crippen molar-refractivity contribution in [3.8, 4) is 5.69 Å². The van der Waals surface area contributed by atoms with E-state index in [2.05, 4.69) is 36.2 Å². The number of fused-ring (bicyclic) bond motifs is 1. The molecule has 0 aliphatic rings. The summed E-state index contributed by atoms with van der Waals surface area (Å²) in [5.41, 5.74) is 3.11. The molecule has 0 radical (unpaired) electrons. The fourth-order valence-electron chi connectivity index (χ4n) is 2.27. The SMILES string of the molecule is Cc1ccc(-n2c(C)nc3ccc(Cl)cc3c2=S)cc1. The smallest absolute Gasteiger partial charge is 0.121 e. The molecule has 3 rings (SSSR count). The van der Waals surface area contributed by atoms with Gasteiger partial charge >= 0.3 is 0 Å². The standard InChI is InChI=1S/C16H13ClN2S/c1-10-3-6-13(7-4-10)19-11(2)18-15-8-5-12(17)9-14(15)16(19)20/h3-9H,1-2H3. The highest BCUT2D eigenvalue weighted by Gasteiger charge is 2.07. The van der Waals surface area contributed by atoms with Gasteiger partial charge in [-0.25, -0.2) is 4.98 Å². The zero-order chi connectivity index (χ0) is 14.3. The van der Waals surface area contributed by atoms with E-state index in [4.69, 9.17) is 23.8 Å². The molecule has 2 nitrogen and oxygen atoms in total. The van der Waals surface area contributed by atoms with Gasteiger partial charge in [-0.3, -0.25) is 4.57 Å². The maximum atomic E-state index is 6.07. The molecule has 3 aromatic rings. The van der Waals surface area contributed by atoms with Crippen molar-refractivity contribution in [3.63, 3.8) is 0 Å². The molecule has 0 atom stereocenters. The van der Waals surface area contributed by atoms with Crippen LogP contribution in [0.5, 0.6) is 0 Å². The van der Waals surface area contributed by atoms with E-state index in [1.807, 2.05) is 29.7 Å². The van der Waals surface area contributed by atoms with Gasteiger partial charge in [-0.1, -0.05) is 41.5 Å². The number of halogens is 1. The monoisotopic (exact) mass is 300 g/mol. The van der Waals surface area contributed by atoms with E-state index in [-0.39, 0.29) is 0 Å². The molecule has 1 heterocycles. The van der Waals surface area contributed by atoms with E-state index < -0.39 is 0 Å². The molecule has 0 amide bonds. The Bertz CT molecular complexity index is 851. The van der Waals surface area contributed by atoms with Crippen molar-refractivity contribution in [2.24, 2.45) is 0 Å². The molecule has 0 aliphatic heterocycles. The van der Waals surface area contributed by atoms with Gasteiger partial charge in [-0.2, -0.15) is 0 Å². The molecule has 0 unspecified atom stereocenters. The van der Waals surface area contributed by atoms with Crippen LogP contribution in [0.3, 0.4) is 0 Å². The van der Waals surface area contributed by atoms with Gasteiger partial charge in [0.1, 0.15) is 10.5 Å². The molecular formula is C16H13ClN2S. The third-order valence-corrected chi connectivity index (χ3v) is 3.93. The Balaban J connectivity index is 2.36. The summed E-state index contributed by atoms with van der Waals surface area (Å²) in [4.78, 5) is 4.61. The molecule has 0 N–H and O–H groups in total. The average Bonchev–Trinajstić information content (AvgIpc) is 2.42. The average molecular weight is 301 g/mol. The van der Waals surface area contributed by atoms with E-state index in [1.165, 1.54) is 5.56 Å². The number of aromatic nitrogens is 2. The Morgan fingerprint density at radius 3 is 2.45 bits per heavy atom. The summed E-state index contributed by atoms with van der Waals surface area (Å²) in [6, 6.07) is 13.8. The van der Waals surface area contributed by atoms with Crippen molar-refractivity contribution in [1.82, 2.24) is 9.55 Å². The zero-order valence-corrected chi connectivity index (χ0v) is 12.8. The number of nitrogens with zero attached hydrogens (tertiary/aromatic N) is 2. The first kappa shape index (κ1) is 13.3. The summed E-state index contributed by atoms with van der Waals surface area (Å²) in [5, 5.41) is 1.57. The lowest BCUT2D eigenvalue weighted by Crippen LogP contribution is -2.05. The number of aryl methyl sites for hydroxylation is 2. The summed E-state index contributed by atoms with van der Waals surface area (Å²) < 4.78 is 2.71. The topological polar surface area (TPSA) is 17.8 Å². The molecule has 2 aromatic carbocycles. The van der Waals surface area contributed by atoms with Gasteiger partial charge in [-0.05, 0) is 44.2 Å². The van der Waals surface area contributed by atoms with Crippen LogP contribution in [0.25, 0.3) is 16.6 Å². The lowest BCUT2D eigenvalue weighted by atomic mass is 10.2. The first-order valence-electron chi connectivity index (χ1n) is 6.32. The molecule has 1 aromatic heterocycles. The lowest BCUT2D eigenvalue weighted by Gasteiger charge is -2.13. The van der Waals surface area contributed by atoms with Crippen molar-refractivity contribution in [2.75, 3.05) is 0 Å². The van der Waals surface area contributed by atoms with E-state index in [0.717, 1.165) is 27.1 Å². The molecule has 0 fully saturated rings. The molecule has 100 valence electrons. The van der Waals surface area contributed by atoms with Gasteiger partial charge in [0.15, 0.2) is 0 Å². The minimum atomic E-state index is 0.671. The number of hydrogen-bond acceptors (Lipinski definition) is 2. The van der Waals surface area contributed by atoms with E-state index >= 15 is 0 Å². The van der Waals surface area contributed by atoms with Gasteiger partial charge in [0.25, 0.3) is 0 Å². The minimum absolute atomic E-state index is 0.671. The quantitative estimate of drug-likeness (QED) is 0.587. The third kappa shape index (κ3) is 2.23. The summed E-state index contributed by atoms with van der Waals surface area (Å²) in [6.45, 7) is 4.03. The Kier molecular flexibility index (Phi) is 3.32. The van der Waals surface area contributed by atoms with E-state index in [9.17, 15) is 0 Å². The van der Waals surface area contributed by atoms with Gasteiger partial charge in [-0.15, -0.1) is 0 Å². The van der Waals surface area contributed by atoms with Crippen LogP contribution in [-0.2, 0) is 0 Å². The maximum Gasteiger partial charge on any atom is 0.121 e. The second kappa shape index (κ2) is 5.00. The second-order valence-corrected chi connectivity index (χ2v) is 5.62. The molecule has 0 bridgehead atoms. The summed E-state index contributed by atoms with van der Waals surface area (Å²) in [5.74, 6) is 0.869. The summed E-state index contributed by atoms with van der Waals surface area (Å²) in [7, 11) is 0. The van der Waals surface area contributed by atoms with Crippen molar-refractivity contribution < 1.29 is 0 Å². The molecular weight excluding hydrogens is 288 g/mol. The van der Waals surface area contributed by atoms with Gasteiger partial charge in [0.2, 0.25) is 0 Å². The second-order valence-electron chi connectivity index (χ2n) is 4.80. The maximum absolute atomic E-state index is 6.07. The first-order valence-corrected chi connectivity index (χ1v) is 7.11. The number of hydrogen-bond donors (Lipinski definition) is 0. The first-order chi connectivity index (χ1) is 9.56. The van der Waals surface area contributed by atoms with E-state index in [0.29, 0.717) is 5.02 Å². The van der Waals surface area contributed by atoms with E-state index in [1.54, 1.807) is 0 Å². The predicted molar refractivity (Wildman–Crippen MR) is 86.4 cm³/mol. The van der Waals surface area contributed by atoms with Gasteiger partial charge in [0.05, 0.1) is 5.52 Å². The normalized spacial score (nSPS) is 10.9. The van der Waals surface area contributed by atoms with Crippen LogP contribution in [0.1, 0.15) is 11.4 Å². The van der Waals surface area contributed by atoms with Crippen molar-refractivity contribution in [2.45, 2.75) is 13.8 Å². The third-order valence-electron chi connectivity index (χ3n) is 3.29. The fraction of sp³-hybridized carbons (Fsp3) is 0.125. The number of rotatable bonds is 1. The van der Waals surface area contributed by atoms with Crippen LogP contribution in [0.2, 0.25) is 5.02 Å². The van der Waals surface area contributed by atoms with Crippen molar-refractivity contribution >= 4 is 34.7 Å². The molecule has 0 saturated carbocycles. The van der Waals surface area contributed by atoms with Crippen LogP contribution < -0.4 is 0 Å². The van der Waals surface area contributed by atoms with Crippen LogP contribution in [-0.4, -0.2) is 9.55 Å². The van der Waals surface area contributed by atoms with Crippen LogP contribution in [0, 0.1) is 18.5 Å². The van der Waals surface area contributed by atoms with Crippen LogP contribution in [0.4, 0.5) is 0 Å². The van der Waals surface area contributed by atoms with Crippen LogP contribution >= 0.6 is 23.8 Å².